The van der Waals surface area contributed by atoms with Gasteiger partial charge in [0.2, 0.25) is 0 Å². The van der Waals surface area contributed by atoms with Crippen LogP contribution in [0.4, 0.5) is 0 Å². The molecule has 0 spiro atoms. The largest absolute Gasteiger partial charge is 0.465 e. The van der Waals surface area contributed by atoms with E-state index in [4.69, 9.17) is 4.74 Å². The summed E-state index contributed by atoms with van der Waals surface area (Å²) in [7, 11) is 1.37. The van der Waals surface area contributed by atoms with E-state index in [0.717, 1.165) is 23.3 Å². The van der Waals surface area contributed by atoms with Crippen LogP contribution in [0.5, 0.6) is 0 Å². The molecule has 0 atom stereocenters. The van der Waals surface area contributed by atoms with Gasteiger partial charge in [-0.2, -0.15) is 0 Å². The lowest BCUT2D eigenvalue weighted by molar-refractivity contribution is -0.109. The van der Waals surface area contributed by atoms with E-state index in [9.17, 15) is 9.59 Å². The van der Waals surface area contributed by atoms with Crippen LogP contribution in [-0.2, 0) is 9.53 Å². The fraction of sp³-hybridized carbons (Fsp3) is 0.333. The summed E-state index contributed by atoms with van der Waals surface area (Å²) in [6.07, 6.45) is 4.81. The fourth-order valence-electron chi connectivity index (χ4n) is 1.55. The zero-order chi connectivity index (χ0) is 14.3. The van der Waals surface area contributed by atoms with Crippen molar-refractivity contribution in [2.24, 2.45) is 0 Å². The number of hydrogen-bond acceptors (Lipinski definition) is 4. The highest BCUT2D eigenvalue weighted by molar-refractivity contribution is 8.13. The summed E-state index contributed by atoms with van der Waals surface area (Å²) in [5.74, 6) is 0.448. The van der Waals surface area contributed by atoms with E-state index < -0.39 is 0 Å². The van der Waals surface area contributed by atoms with Gasteiger partial charge in [-0.25, -0.2) is 4.79 Å². The maximum atomic E-state index is 11.4. The minimum atomic E-state index is -0.332. The van der Waals surface area contributed by atoms with E-state index in [1.54, 1.807) is 13.0 Å². The normalized spacial score (nSPS) is 10.7. The molecule has 0 bridgehead atoms. The predicted octanol–water partition coefficient (Wildman–Crippen LogP) is 3.46. The first kappa shape index (κ1) is 15.5. The summed E-state index contributed by atoms with van der Waals surface area (Å²) >= 11 is 1.32. The molecule has 0 saturated carbocycles. The number of carbonyl (C=O) groups excluding carboxylic acids is 2. The predicted molar refractivity (Wildman–Crippen MR) is 79.3 cm³/mol. The molecule has 1 rings (SSSR count). The first-order valence-corrected chi connectivity index (χ1v) is 7.02. The Morgan fingerprint density at radius 1 is 1.37 bits per heavy atom. The molecule has 0 radical (unpaired) electrons. The average Bonchev–Trinajstić information content (AvgIpc) is 2.39. The van der Waals surface area contributed by atoms with Crippen LogP contribution in [0.25, 0.3) is 6.08 Å². The van der Waals surface area contributed by atoms with Gasteiger partial charge in [-0.3, -0.25) is 4.79 Å². The molecule has 4 heteroatoms. The van der Waals surface area contributed by atoms with Crippen LogP contribution in [0.1, 0.15) is 34.8 Å². The van der Waals surface area contributed by atoms with E-state index in [2.05, 4.69) is 0 Å². The maximum Gasteiger partial charge on any atom is 0.337 e. The SMILES string of the molecule is COC(=O)c1ccc(C)c(C=CCCSC(C)=O)c1. The van der Waals surface area contributed by atoms with Gasteiger partial charge in [0.1, 0.15) is 0 Å². The smallest absolute Gasteiger partial charge is 0.337 e. The molecule has 3 nitrogen and oxygen atoms in total. The van der Waals surface area contributed by atoms with Crippen LogP contribution in [0, 0.1) is 6.92 Å². The zero-order valence-corrected chi connectivity index (χ0v) is 12.3. The van der Waals surface area contributed by atoms with Crippen molar-refractivity contribution in [2.75, 3.05) is 12.9 Å². The molecule has 1 aromatic rings. The minimum absolute atomic E-state index is 0.136. The van der Waals surface area contributed by atoms with Gasteiger partial charge in [-0.15, -0.1) is 0 Å². The molecule has 0 unspecified atom stereocenters. The van der Waals surface area contributed by atoms with Gasteiger partial charge in [0.05, 0.1) is 12.7 Å². The Labute approximate surface area is 118 Å². The minimum Gasteiger partial charge on any atom is -0.465 e. The van der Waals surface area contributed by atoms with E-state index in [1.165, 1.54) is 18.9 Å². The first-order valence-electron chi connectivity index (χ1n) is 6.03. The van der Waals surface area contributed by atoms with Gasteiger partial charge in [0, 0.05) is 12.7 Å². The first-order chi connectivity index (χ1) is 9.04. The number of esters is 1. The van der Waals surface area contributed by atoms with Gasteiger partial charge in [-0.05, 0) is 36.6 Å². The lowest BCUT2D eigenvalue weighted by atomic mass is 10.0. The number of thioether (sulfide) groups is 1. The highest BCUT2D eigenvalue weighted by atomic mass is 32.2. The van der Waals surface area contributed by atoms with Crippen molar-refractivity contribution in [1.29, 1.82) is 0 Å². The van der Waals surface area contributed by atoms with Gasteiger partial charge in [-0.1, -0.05) is 30.0 Å². The van der Waals surface area contributed by atoms with Crippen molar-refractivity contribution in [3.05, 3.63) is 41.0 Å². The number of carbonyl (C=O) groups is 2. The van der Waals surface area contributed by atoms with Crippen LogP contribution in [0.15, 0.2) is 24.3 Å². The Balaban J connectivity index is 2.69. The summed E-state index contributed by atoms with van der Waals surface area (Å²) in [6.45, 7) is 3.56. The summed E-state index contributed by atoms with van der Waals surface area (Å²) in [4.78, 5) is 22.2. The van der Waals surface area contributed by atoms with Crippen LogP contribution >= 0.6 is 11.8 Å². The van der Waals surface area contributed by atoms with Gasteiger partial charge < -0.3 is 4.74 Å². The standard InChI is InChI=1S/C15H18O3S/c1-11-7-8-14(15(17)18-3)10-13(11)6-4-5-9-19-12(2)16/h4,6-8,10H,5,9H2,1-3H3. The fourth-order valence-corrected chi connectivity index (χ4v) is 2.09. The third kappa shape index (κ3) is 5.30. The summed E-state index contributed by atoms with van der Waals surface area (Å²) < 4.78 is 4.70. The molecule has 0 aliphatic heterocycles. The Bertz CT molecular complexity index is 492. The molecular weight excluding hydrogens is 260 g/mol. The molecule has 19 heavy (non-hydrogen) atoms. The summed E-state index contributed by atoms with van der Waals surface area (Å²) in [5, 5.41) is 0.136. The highest BCUT2D eigenvalue weighted by Crippen LogP contribution is 2.14. The third-order valence-electron chi connectivity index (χ3n) is 2.59. The Morgan fingerprint density at radius 2 is 2.11 bits per heavy atom. The van der Waals surface area contributed by atoms with E-state index in [-0.39, 0.29) is 11.1 Å². The Morgan fingerprint density at radius 3 is 2.74 bits per heavy atom. The molecule has 0 heterocycles. The molecule has 0 aromatic heterocycles. The third-order valence-corrected chi connectivity index (χ3v) is 3.43. The second-order valence-electron chi connectivity index (χ2n) is 4.09. The van der Waals surface area contributed by atoms with E-state index >= 15 is 0 Å². The van der Waals surface area contributed by atoms with Crippen molar-refractivity contribution in [3.8, 4) is 0 Å². The Hall–Kier alpha value is -1.55. The van der Waals surface area contributed by atoms with Crippen molar-refractivity contribution >= 4 is 28.9 Å². The van der Waals surface area contributed by atoms with Crippen LogP contribution < -0.4 is 0 Å². The number of benzene rings is 1. The average molecular weight is 278 g/mol. The molecular formula is C15H18O3S. The molecule has 0 fully saturated rings. The van der Waals surface area contributed by atoms with Gasteiger partial charge in [0.15, 0.2) is 5.12 Å². The van der Waals surface area contributed by atoms with Crippen molar-refractivity contribution in [1.82, 2.24) is 0 Å². The lowest BCUT2D eigenvalue weighted by Crippen LogP contribution is -2.01. The van der Waals surface area contributed by atoms with Crippen LogP contribution in [-0.4, -0.2) is 23.9 Å². The molecule has 0 N–H and O–H groups in total. The lowest BCUT2D eigenvalue weighted by Gasteiger charge is -2.04. The number of methoxy groups -OCH3 is 1. The number of ether oxygens (including phenoxy) is 1. The second-order valence-corrected chi connectivity index (χ2v) is 5.37. The summed E-state index contributed by atoms with van der Waals surface area (Å²) in [5.41, 5.74) is 2.64. The zero-order valence-electron chi connectivity index (χ0n) is 11.4. The quantitative estimate of drug-likeness (QED) is 0.611. The van der Waals surface area contributed by atoms with Crippen molar-refractivity contribution in [2.45, 2.75) is 20.3 Å². The number of rotatable bonds is 5. The monoisotopic (exact) mass is 278 g/mol. The molecule has 0 saturated heterocycles. The topological polar surface area (TPSA) is 43.4 Å². The number of hydrogen-bond donors (Lipinski definition) is 0. The maximum absolute atomic E-state index is 11.4. The molecule has 0 amide bonds. The molecule has 1 aromatic carbocycles. The Kier molecular flexibility index (Phi) is 6.36. The molecule has 0 aliphatic carbocycles. The summed E-state index contributed by atoms with van der Waals surface area (Å²) in [6, 6.07) is 5.47. The second kappa shape index (κ2) is 7.79. The van der Waals surface area contributed by atoms with E-state index in [0.29, 0.717) is 5.56 Å². The van der Waals surface area contributed by atoms with Crippen LogP contribution in [0.3, 0.4) is 0 Å². The van der Waals surface area contributed by atoms with Crippen molar-refractivity contribution in [3.63, 3.8) is 0 Å². The van der Waals surface area contributed by atoms with Gasteiger partial charge >= 0.3 is 5.97 Å². The van der Waals surface area contributed by atoms with Crippen LogP contribution in [0.2, 0.25) is 0 Å². The number of allylic oxidation sites excluding steroid dienone is 1. The number of aryl methyl sites for hydroxylation is 1. The van der Waals surface area contributed by atoms with Gasteiger partial charge in [0.25, 0.3) is 0 Å². The molecule has 102 valence electrons. The highest BCUT2D eigenvalue weighted by Gasteiger charge is 2.06. The molecule has 0 aliphatic rings. The van der Waals surface area contributed by atoms with E-state index in [1.807, 2.05) is 31.2 Å². The van der Waals surface area contributed by atoms with Crippen molar-refractivity contribution < 1.29 is 14.3 Å².